The number of rotatable bonds is 4. The van der Waals surface area contributed by atoms with Gasteiger partial charge in [-0.05, 0) is 42.9 Å². The Morgan fingerprint density at radius 3 is 2.75 bits per heavy atom. The lowest BCUT2D eigenvalue weighted by Gasteiger charge is -2.18. The first-order valence-electron chi connectivity index (χ1n) is 7.51. The Labute approximate surface area is 143 Å². The maximum atomic E-state index is 13.8. The molecular formula is C16H17FN2O3S2. The zero-order valence-electron chi connectivity index (χ0n) is 13.0. The number of benzene rings is 1. The Kier molecular flexibility index (Phi) is 4.35. The van der Waals surface area contributed by atoms with E-state index in [-0.39, 0.29) is 10.6 Å². The van der Waals surface area contributed by atoms with E-state index in [9.17, 15) is 17.6 Å². The smallest absolute Gasteiger partial charge is 0.265 e. The molecule has 2 aromatic rings. The number of carbonyl (C=O) groups excluding carboxylic acids is 1. The number of primary amides is 1. The molecule has 0 fully saturated rings. The van der Waals surface area contributed by atoms with Gasteiger partial charge in [0.15, 0.2) is 0 Å². The summed E-state index contributed by atoms with van der Waals surface area (Å²) in [6.07, 6.45) is 2.39. The van der Waals surface area contributed by atoms with Gasteiger partial charge in [-0.2, -0.15) is 0 Å². The maximum Gasteiger partial charge on any atom is 0.265 e. The van der Waals surface area contributed by atoms with Crippen LogP contribution in [0.5, 0.6) is 0 Å². The number of fused-ring (bicyclic) bond motifs is 1. The summed E-state index contributed by atoms with van der Waals surface area (Å²) in [6.45, 7) is 2.11. The van der Waals surface area contributed by atoms with E-state index in [0.717, 1.165) is 29.3 Å². The number of amides is 1. The molecule has 0 unspecified atom stereocenters. The van der Waals surface area contributed by atoms with Gasteiger partial charge in [-0.25, -0.2) is 12.8 Å². The second-order valence-corrected chi connectivity index (χ2v) is 8.71. The van der Waals surface area contributed by atoms with Crippen molar-refractivity contribution in [3.05, 3.63) is 46.1 Å². The first kappa shape index (κ1) is 16.9. The van der Waals surface area contributed by atoms with Crippen molar-refractivity contribution in [3.63, 3.8) is 0 Å². The van der Waals surface area contributed by atoms with Gasteiger partial charge in [-0.15, -0.1) is 11.3 Å². The highest BCUT2D eigenvalue weighted by atomic mass is 32.2. The highest BCUT2D eigenvalue weighted by Gasteiger charge is 2.29. The van der Waals surface area contributed by atoms with Gasteiger partial charge in [0.05, 0.1) is 5.56 Å². The molecule has 1 aromatic carbocycles. The van der Waals surface area contributed by atoms with Crippen LogP contribution in [-0.4, -0.2) is 14.3 Å². The monoisotopic (exact) mass is 368 g/mol. The molecule has 3 rings (SSSR count). The third-order valence-corrected chi connectivity index (χ3v) is 6.79. The van der Waals surface area contributed by atoms with Crippen molar-refractivity contribution >= 4 is 32.3 Å². The summed E-state index contributed by atoms with van der Waals surface area (Å²) in [4.78, 5) is 12.4. The van der Waals surface area contributed by atoms with Crippen molar-refractivity contribution in [3.8, 4) is 0 Å². The largest absolute Gasteiger partial charge is 0.365 e. The quantitative estimate of drug-likeness (QED) is 0.869. The van der Waals surface area contributed by atoms with Gasteiger partial charge >= 0.3 is 0 Å². The number of anilines is 1. The van der Waals surface area contributed by atoms with Crippen molar-refractivity contribution in [2.45, 2.75) is 31.1 Å². The predicted molar refractivity (Wildman–Crippen MR) is 91.2 cm³/mol. The van der Waals surface area contributed by atoms with Crippen LogP contribution < -0.4 is 10.5 Å². The topological polar surface area (TPSA) is 89.3 Å². The van der Waals surface area contributed by atoms with Crippen LogP contribution in [0, 0.1) is 11.7 Å². The predicted octanol–water partition coefficient (Wildman–Crippen LogP) is 2.91. The minimum absolute atomic E-state index is 0.171. The number of nitrogens with one attached hydrogen (secondary N) is 1. The number of thiophene rings is 1. The van der Waals surface area contributed by atoms with Crippen LogP contribution in [0.15, 0.2) is 29.2 Å². The summed E-state index contributed by atoms with van der Waals surface area (Å²) in [5.74, 6) is -1.05. The first-order valence-corrected chi connectivity index (χ1v) is 9.81. The molecule has 1 amide bonds. The van der Waals surface area contributed by atoms with Gasteiger partial charge < -0.3 is 5.73 Å². The van der Waals surface area contributed by atoms with E-state index in [1.165, 1.54) is 29.5 Å². The molecule has 1 aliphatic carbocycles. The molecule has 1 aliphatic rings. The zero-order valence-corrected chi connectivity index (χ0v) is 14.6. The summed E-state index contributed by atoms with van der Waals surface area (Å²) < 4.78 is 41.1. The zero-order chi connectivity index (χ0) is 17.5. The van der Waals surface area contributed by atoms with Gasteiger partial charge in [0.1, 0.15) is 15.7 Å². The van der Waals surface area contributed by atoms with Crippen molar-refractivity contribution in [2.75, 3.05) is 4.72 Å². The van der Waals surface area contributed by atoms with Crippen molar-refractivity contribution in [1.29, 1.82) is 0 Å². The van der Waals surface area contributed by atoms with E-state index in [0.29, 0.717) is 12.3 Å². The SMILES string of the molecule is C[C@H]1CCc2c(sc(NS(=O)(=O)c3ccccc3F)c2C(N)=O)C1. The fraction of sp³-hybridized carbons (Fsp3) is 0.312. The molecular weight excluding hydrogens is 351 g/mol. The summed E-state index contributed by atoms with van der Waals surface area (Å²) in [6, 6.07) is 5.10. The standard InChI is InChI=1S/C16H17FN2O3S2/c1-9-6-7-10-12(8-9)23-16(14(10)15(18)20)19-24(21,22)13-5-3-2-4-11(13)17/h2-5,9,19H,6-8H2,1H3,(H2,18,20)/t9-/m0/s1. The lowest BCUT2D eigenvalue weighted by Crippen LogP contribution is -2.20. The number of sulfonamides is 1. The minimum atomic E-state index is -4.14. The van der Waals surface area contributed by atoms with Crippen LogP contribution >= 0.6 is 11.3 Å². The van der Waals surface area contributed by atoms with Crippen LogP contribution in [0.2, 0.25) is 0 Å². The molecule has 24 heavy (non-hydrogen) atoms. The van der Waals surface area contributed by atoms with Gasteiger partial charge in [0.2, 0.25) is 0 Å². The van der Waals surface area contributed by atoms with Crippen molar-refractivity contribution in [2.24, 2.45) is 11.7 Å². The fourth-order valence-electron chi connectivity index (χ4n) is 2.92. The Bertz CT molecular complexity index is 906. The molecule has 0 aliphatic heterocycles. The number of halogens is 1. The first-order chi connectivity index (χ1) is 11.3. The second kappa shape index (κ2) is 6.18. The van der Waals surface area contributed by atoms with Crippen LogP contribution in [0.25, 0.3) is 0 Å². The molecule has 0 bridgehead atoms. The molecule has 8 heteroatoms. The Morgan fingerprint density at radius 1 is 1.38 bits per heavy atom. The summed E-state index contributed by atoms with van der Waals surface area (Å²) >= 11 is 1.21. The number of hydrogen-bond acceptors (Lipinski definition) is 4. The number of nitrogens with two attached hydrogens (primary N) is 1. The van der Waals surface area contributed by atoms with E-state index < -0.39 is 26.6 Å². The van der Waals surface area contributed by atoms with E-state index in [4.69, 9.17) is 5.73 Å². The Hall–Kier alpha value is -1.93. The van der Waals surface area contributed by atoms with Crippen LogP contribution in [-0.2, 0) is 22.9 Å². The van der Waals surface area contributed by atoms with Gasteiger partial charge in [0, 0.05) is 4.88 Å². The maximum absolute atomic E-state index is 13.8. The normalized spacial score (nSPS) is 17.3. The molecule has 0 radical (unpaired) electrons. The lowest BCUT2D eigenvalue weighted by molar-refractivity contribution is 0.100. The van der Waals surface area contributed by atoms with Crippen LogP contribution in [0.3, 0.4) is 0 Å². The summed E-state index contributed by atoms with van der Waals surface area (Å²) in [5.41, 5.74) is 6.49. The van der Waals surface area contributed by atoms with Crippen molar-refractivity contribution < 1.29 is 17.6 Å². The molecule has 0 saturated carbocycles. The third-order valence-electron chi connectivity index (χ3n) is 4.11. The summed E-state index contributed by atoms with van der Waals surface area (Å²) in [7, 11) is -4.14. The molecule has 1 atom stereocenters. The molecule has 128 valence electrons. The molecule has 0 spiro atoms. The molecule has 1 heterocycles. The van der Waals surface area contributed by atoms with E-state index >= 15 is 0 Å². The van der Waals surface area contributed by atoms with E-state index in [1.807, 2.05) is 0 Å². The Balaban J connectivity index is 2.04. The fourth-order valence-corrected chi connectivity index (χ4v) is 5.72. The van der Waals surface area contributed by atoms with E-state index in [1.54, 1.807) is 0 Å². The third kappa shape index (κ3) is 3.03. The molecule has 3 N–H and O–H groups in total. The van der Waals surface area contributed by atoms with Gasteiger partial charge in [-0.1, -0.05) is 19.1 Å². The summed E-state index contributed by atoms with van der Waals surface area (Å²) in [5, 5.41) is 0.171. The van der Waals surface area contributed by atoms with E-state index in [2.05, 4.69) is 11.6 Å². The van der Waals surface area contributed by atoms with Crippen LogP contribution in [0.4, 0.5) is 9.39 Å². The lowest BCUT2D eigenvalue weighted by atomic mass is 9.88. The second-order valence-electron chi connectivity index (χ2n) is 5.96. The van der Waals surface area contributed by atoms with Gasteiger partial charge in [0.25, 0.3) is 15.9 Å². The molecule has 0 saturated heterocycles. The van der Waals surface area contributed by atoms with Gasteiger partial charge in [-0.3, -0.25) is 9.52 Å². The average molecular weight is 368 g/mol. The highest BCUT2D eigenvalue weighted by Crippen LogP contribution is 2.40. The van der Waals surface area contributed by atoms with Crippen LogP contribution in [0.1, 0.15) is 34.1 Å². The highest BCUT2D eigenvalue weighted by molar-refractivity contribution is 7.93. The number of carbonyl (C=O) groups is 1. The number of hydrogen-bond donors (Lipinski definition) is 2. The average Bonchev–Trinajstić information content (AvgIpc) is 2.83. The van der Waals surface area contributed by atoms with Crippen molar-refractivity contribution in [1.82, 2.24) is 0 Å². The molecule has 1 aromatic heterocycles. The minimum Gasteiger partial charge on any atom is -0.365 e. The molecule has 5 nitrogen and oxygen atoms in total. The Morgan fingerprint density at radius 2 is 2.08 bits per heavy atom.